The molecule has 9 nitrogen and oxygen atoms in total. The molecule has 174 valence electrons. The molecule has 0 saturated heterocycles. The van der Waals surface area contributed by atoms with Crippen molar-refractivity contribution in [2.24, 2.45) is 7.05 Å². The van der Waals surface area contributed by atoms with Crippen molar-refractivity contribution >= 4 is 43.4 Å². The Morgan fingerprint density at radius 3 is 2.70 bits per heavy atom. The molecule has 2 N–H and O–H groups in total. The molecule has 0 unspecified atom stereocenters. The highest BCUT2D eigenvalue weighted by Gasteiger charge is 2.23. The predicted molar refractivity (Wildman–Crippen MR) is 130 cm³/mol. The van der Waals surface area contributed by atoms with E-state index in [0.29, 0.717) is 36.0 Å². The molecule has 33 heavy (non-hydrogen) atoms. The molecule has 0 aliphatic carbocycles. The van der Waals surface area contributed by atoms with Gasteiger partial charge in [-0.1, -0.05) is 13.8 Å². The molecule has 0 aliphatic heterocycles. The molecule has 0 aliphatic rings. The minimum Gasteiger partial charge on any atom is -0.360 e. The fraction of sp³-hybridized carbons (Fsp3) is 0.318. The van der Waals surface area contributed by atoms with Crippen LogP contribution in [-0.2, 0) is 28.3 Å². The van der Waals surface area contributed by atoms with Crippen LogP contribution < -0.4 is 5.32 Å². The normalized spacial score (nSPS) is 12.0. The second-order valence-electron chi connectivity index (χ2n) is 7.50. The molecule has 1 aromatic carbocycles. The second kappa shape index (κ2) is 9.46. The number of carbonyl (C=O) groups excluding carboxylic acids is 1. The van der Waals surface area contributed by atoms with E-state index >= 15 is 0 Å². The maximum Gasteiger partial charge on any atom is 0.243 e. The van der Waals surface area contributed by atoms with Crippen LogP contribution in [0.5, 0.6) is 0 Å². The zero-order valence-corrected chi connectivity index (χ0v) is 20.3. The van der Waals surface area contributed by atoms with Crippen molar-refractivity contribution < 1.29 is 13.2 Å². The summed E-state index contributed by atoms with van der Waals surface area (Å²) in [6.45, 7) is 4.45. The zero-order chi connectivity index (χ0) is 23.6. The van der Waals surface area contributed by atoms with Crippen LogP contribution >= 0.6 is 11.3 Å². The SMILES string of the molecule is CCN(CC)S(=O)(=O)c1ccc2c(c1)nc(CCC(=O)Nc1nc(-c3ccc[nH]3)cs1)n2C. The highest BCUT2D eigenvalue weighted by atomic mass is 32.2. The number of amides is 1. The van der Waals surface area contributed by atoms with Gasteiger partial charge in [0.25, 0.3) is 0 Å². The molecule has 0 radical (unpaired) electrons. The minimum atomic E-state index is -3.56. The number of nitrogens with one attached hydrogen (secondary N) is 2. The molecule has 0 fully saturated rings. The first-order valence-corrected chi connectivity index (χ1v) is 13.0. The number of rotatable bonds is 9. The van der Waals surface area contributed by atoms with E-state index in [0.717, 1.165) is 16.9 Å². The van der Waals surface area contributed by atoms with Crippen LogP contribution in [0, 0.1) is 0 Å². The van der Waals surface area contributed by atoms with Crippen molar-refractivity contribution in [2.45, 2.75) is 31.6 Å². The summed E-state index contributed by atoms with van der Waals surface area (Å²) in [5, 5.41) is 5.26. The van der Waals surface area contributed by atoms with Crippen molar-refractivity contribution in [1.29, 1.82) is 0 Å². The van der Waals surface area contributed by atoms with Gasteiger partial charge in [-0.05, 0) is 30.3 Å². The molecule has 4 rings (SSSR count). The third-order valence-corrected chi connectivity index (χ3v) is 8.29. The fourth-order valence-corrected chi connectivity index (χ4v) is 5.88. The summed E-state index contributed by atoms with van der Waals surface area (Å²) < 4.78 is 29.0. The Kier molecular flexibility index (Phi) is 6.63. The molecule has 0 bridgehead atoms. The van der Waals surface area contributed by atoms with Gasteiger partial charge in [0.1, 0.15) is 5.82 Å². The van der Waals surface area contributed by atoms with Crippen LogP contribution in [-0.4, -0.2) is 51.2 Å². The van der Waals surface area contributed by atoms with Gasteiger partial charge in [0.05, 0.1) is 27.3 Å². The lowest BCUT2D eigenvalue weighted by molar-refractivity contribution is -0.116. The largest absolute Gasteiger partial charge is 0.360 e. The van der Waals surface area contributed by atoms with E-state index in [-0.39, 0.29) is 17.2 Å². The van der Waals surface area contributed by atoms with Crippen molar-refractivity contribution in [3.63, 3.8) is 0 Å². The summed E-state index contributed by atoms with van der Waals surface area (Å²) in [7, 11) is -1.69. The molecule has 0 spiro atoms. The topological polar surface area (TPSA) is 113 Å². The Hall–Kier alpha value is -3.02. The molecule has 0 saturated carbocycles. The molecule has 1 amide bonds. The number of aromatic amines is 1. The Morgan fingerprint density at radius 2 is 2.00 bits per heavy atom. The molecule has 3 heterocycles. The highest BCUT2D eigenvalue weighted by Crippen LogP contribution is 2.25. The third kappa shape index (κ3) is 4.70. The van der Waals surface area contributed by atoms with E-state index < -0.39 is 10.0 Å². The number of aryl methyl sites for hydroxylation is 2. The number of hydrogen-bond donors (Lipinski definition) is 2. The standard InChI is InChI=1S/C22H26N6O3S2/c1-4-28(5-2)33(30,31)15-8-9-19-17(13-15)24-20(27(19)3)10-11-21(29)26-22-25-18(14-32-22)16-7-6-12-23-16/h6-9,12-14,23H,4-5,10-11H2,1-3H3,(H,25,26,29). The summed E-state index contributed by atoms with van der Waals surface area (Å²) in [5.74, 6) is 0.558. The van der Waals surface area contributed by atoms with Crippen LogP contribution in [0.4, 0.5) is 5.13 Å². The first-order chi connectivity index (χ1) is 15.8. The Balaban J connectivity index is 1.45. The van der Waals surface area contributed by atoms with E-state index in [1.54, 1.807) is 18.2 Å². The molecule has 3 aromatic heterocycles. The van der Waals surface area contributed by atoms with Crippen molar-refractivity contribution in [3.05, 3.63) is 47.7 Å². The first-order valence-electron chi connectivity index (χ1n) is 10.7. The summed E-state index contributed by atoms with van der Waals surface area (Å²) in [4.78, 5) is 24.8. The number of aromatic nitrogens is 4. The Bertz CT molecular complexity index is 1370. The van der Waals surface area contributed by atoms with Gasteiger partial charge in [0.2, 0.25) is 15.9 Å². The maximum atomic E-state index is 12.8. The monoisotopic (exact) mass is 486 g/mol. The zero-order valence-electron chi connectivity index (χ0n) is 18.7. The van der Waals surface area contributed by atoms with Crippen molar-refractivity contribution in [3.8, 4) is 11.4 Å². The van der Waals surface area contributed by atoms with Gasteiger partial charge in [-0.25, -0.2) is 18.4 Å². The van der Waals surface area contributed by atoms with Crippen LogP contribution in [0.25, 0.3) is 22.4 Å². The number of anilines is 1. The smallest absolute Gasteiger partial charge is 0.243 e. The Morgan fingerprint density at radius 1 is 1.21 bits per heavy atom. The van der Waals surface area contributed by atoms with Gasteiger partial charge in [-0.15, -0.1) is 11.3 Å². The second-order valence-corrected chi connectivity index (χ2v) is 10.3. The van der Waals surface area contributed by atoms with Gasteiger partial charge in [-0.3, -0.25) is 4.79 Å². The van der Waals surface area contributed by atoms with Crippen LogP contribution in [0.1, 0.15) is 26.1 Å². The molecule has 0 atom stereocenters. The number of H-pyrrole nitrogens is 1. The van der Waals surface area contributed by atoms with Crippen LogP contribution in [0.15, 0.2) is 46.8 Å². The molecular weight excluding hydrogens is 460 g/mol. The highest BCUT2D eigenvalue weighted by molar-refractivity contribution is 7.89. The number of benzene rings is 1. The number of sulfonamides is 1. The van der Waals surface area contributed by atoms with Crippen LogP contribution in [0.3, 0.4) is 0 Å². The van der Waals surface area contributed by atoms with E-state index in [1.165, 1.54) is 15.6 Å². The minimum absolute atomic E-state index is 0.153. The van der Waals surface area contributed by atoms with Gasteiger partial charge in [-0.2, -0.15) is 4.31 Å². The summed E-state index contributed by atoms with van der Waals surface area (Å²) in [5.41, 5.74) is 3.09. The quantitative estimate of drug-likeness (QED) is 0.375. The van der Waals surface area contributed by atoms with E-state index in [1.807, 2.05) is 49.2 Å². The Labute approximate surface area is 196 Å². The van der Waals surface area contributed by atoms with Gasteiger partial charge >= 0.3 is 0 Å². The summed E-state index contributed by atoms with van der Waals surface area (Å²) >= 11 is 1.37. The number of thiazole rings is 1. The number of hydrogen-bond acceptors (Lipinski definition) is 6. The molecular formula is C22H26N6O3S2. The first kappa shape index (κ1) is 23.1. The number of fused-ring (bicyclic) bond motifs is 1. The number of nitrogens with zero attached hydrogens (tertiary/aromatic N) is 4. The van der Waals surface area contributed by atoms with E-state index in [2.05, 4.69) is 20.3 Å². The number of imidazole rings is 1. The van der Waals surface area contributed by atoms with Gasteiger partial charge < -0.3 is 14.9 Å². The fourth-order valence-electron chi connectivity index (χ4n) is 3.68. The predicted octanol–water partition coefficient (Wildman–Crippen LogP) is 3.63. The van der Waals surface area contributed by atoms with E-state index in [4.69, 9.17) is 0 Å². The van der Waals surface area contributed by atoms with Crippen molar-refractivity contribution in [1.82, 2.24) is 23.8 Å². The summed E-state index contributed by atoms with van der Waals surface area (Å²) in [6.07, 6.45) is 2.48. The molecule has 11 heteroatoms. The van der Waals surface area contributed by atoms with Gasteiger partial charge in [0, 0.05) is 44.6 Å². The average Bonchev–Trinajstić information content (AvgIpc) is 3.53. The molecule has 4 aromatic rings. The number of carbonyl (C=O) groups is 1. The van der Waals surface area contributed by atoms with Crippen LogP contribution in [0.2, 0.25) is 0 Å². The average molecular weight is 487 g/mol. The van der Waals surface area contributed by atoms with Gasteiger partial charge in [0.15, 0.2) is 5.13 Å². The van der Waals surface area contributed by atoms with E-state index in [9.17, 15) is 13.2 Å². The van der Waals surface area contributed by atoms with Crippen molar-refractivity contribution in [2.75, 3.05) is 18.4 Å². The summed E-state index contributed by atoms with van der Waals surface area (Å²) in [6, 6.07) is 8.79. The lowest BCUT2D eigenvalue weighted by Crippen LogP contribution is -2.30. The lowest BCUT2D eigenvalue weighted by Gasteiger charge is -2.18. The maximum absolute atomic E-state index is 12.8. The third-order valence-electron chi connectivity index (χ3n) is 5.49. The lowest BCUT2D eigenvalue weighted by atomic mass is 10.3.